The normalized spacial score (nSPS) is 16.3. The Balaban J connectivity index is 2.05. The largest absolute Gasteiger partial charge is 0.496 e. The molecule has 1 aromatic rings. The lowest BCUT2D eigenvalue weighted by atomic mass is 10.2. The fraction of sp³-hybridized carbons (Fsp3) is 0.588. The Labute approximate surface area is 150 Å². The number of carbonyl (C=O) groups excluding carboxylic acids is 1. The van der Waals surface area contributed by atoms with E-state index >= 15 is 0 Å². The molecular formula is C17H28N3O4S+. The number of ether oxygens (including phenoxy) is 1. The molecule has 0 aliphatic carbocycles. The first kappa shape index (κ1) is 19.7. The van der Waals surface area contributed by atoms with Crippen LogP contribution >= 0.6 is 0 Å². The molecule has 8 heteroatoms. The molecule has 1 aromatic carbocycles. The lowest BCUT2D eigenvalue weighted by Crippen LogP contribution is -3.14. The van der Waals surface area contributed by atoms with Crippen LogP contribution in [-0.4, -0.2) is 77.0 Å². The van der Waals surface area contributed by atoms with Crippen molar-refractivity contribution in [3.63, 3.8) is 0 Å². The van der Waals surface area contributed by atoms with Gasteiger partial charge in [0, 0.05) is 7.05 Å². The summed E-state index contributed by atoms with van der Waals surface area (Å²) in [4.78, 5) is 15.8. The van der Waals surface area contributed by atoms with E-state index in [1.807, 2.05) is 0 Å². The van der Waals surface area contributed by atoms with E-state index in [-0.39, 0.29) is 17.3 Å². The van der Waals surface area contributed by atoms with Crippen molar-refractivity contribution in [2.24, 2.45) is 0 Å². The van der Waals surface area contributed by atoms with Crippen LogP contribution in [0.2, 0.25) is 0 Å². The van der Waals surface area contributed by atoms with Gasteiger partial charge in [-0.25, -0.2) is 8.42 Å². The number of carbonyl (C=O) groups is 1. The van der Waals surface area contributed by atoms with Crippen molar-refractivity contribution in [2.75, 3.05) is 53.4 Å². The first-order valence-corrected chi connectivity index (χ1v) is 9.96. The van der Waals surface area contributed by atoms with Crippen LogP contribution in [0.15, 0.2) is 23.1 Å². The van der Waals surface area contributed by atoms with Gasteiger partial charge in [-0.15, -0.1) is 0 Å². The molecule has 0 unspecified atom stereocenters. The van der Waals surface area contributed by atoms with Crippen LogP contribution in [0.25, 0.3) is 0 Å². The number of benzene rings is 1. The van der Waals surface area contributed by atoms with Crippen molar-refractivity contribution in [3.8, 4) is 5.75 Å². The zero-order chi connectivity index (χ0) is 18.6. The fourth-order valence-corrected chi connectivity index (χ4v) is 4.20. The van der Waals surface area contributed by atoms with Gasteiger partial charge in [-0.3, -0.25) is 4.79 Å². The Morgan fingerprint density at radius 3 is 2.48 bits per heavy atom. The molecule has 1 aliphatic rings. The summed E-state index contributed by atoms with van der Waals surface area (Å²) in [5, 5.41) is 0. The third-order valence-corrected chi connectivity index (χ3v) is 6.56. The van der Waals surface area contributed by atoms with Gasteiger partial charge in [0.15, 0.2) is 0 Å². The number of piperazine rings is 1. The zero-order valence-corrected chi connectivity index (χ0v) is 16.2. The molecule has 0 saturated carbocycles. The van der Waals surface area contributed by atoms with Crippen LogP contribution in [-0.2, 0) is 14.8 Å². The van der Waals surface area contributed by atoms with Crippen LogP contribution < -0.4 is 9.64 Å². The summed E-state index contributed by atoms with van der Waals surface area (Å²) in [7, 11) is -0.723. The highest BCUT2D eigenvalue weighted by atomic mass is 32.2. The average Bonchev–Trinajstić information content (AvgIpc) is 2.61. The highest BCUT2D eigenvalue weighted by Crippen LogP contribution is 2.23. The Morgan fingerprint density at radius 1 is 1.32 bits per heavy atom. The van der Waals surface area contributed by atoms with E-state index in [0.29, 0.717) is 18.8 Å². The second kappa shape index (κ2) is 8.16. The number of methoxy groups -OCH3 is 1. The van der Waals surface area contributed by atoms with Crippen molar-refractivity contribution >= 4 is 15.9 Å². The Hall–Kier alpha value is -1.64. The summed E-state index contributed by atoms with van der Waals surface area (Å²) < 4.78 is 31.7. The highest BCUT2D eigenvalue weighted by molar-refractivity contribution is 7.89. The zero-order valence-electron chi connectivity index (χ0n) is 15.4. The number of rotatable bonds is 6. The van der Waals surface area contributed by atoms with Gasteiger partial charge in [-0.1, -0.05) is 0 Å². The number of aryl methyl sites for hydroxylation is 1. The summed E-state index contributed by atoms with van der Waals surface area (Å²) >= 11 is 0. The fourth-order valence-electron chi connectivity index (χ4n) is 2.99. The maximum Gasteiger partial charge on any atom is 0.243 e. The highest BCUT2D eigenvalue weighted by Gasteiger charge is 2.28. The lowest BCUT2D eigenvalue weighted by Gasteiger charge is -2.32. The number of amides is 1. The minimum atomic E-state index is -3.71. The Bertz CT molecular complexity index is 713. The van der Waals surface area contributed by atoms with Crippen LogP contribution in [0.3, 0.4) is 0 Å². The van der Waals surface area contributed by atoms with Gasteiger partial charge in [0.1, 0.15) is 5.75 Å². The summed E-state index contributed by atoms with van der Waals surface area (Å²) in [6.07, 6.45) is 0. The minimum absolute atomic E-state index is 0.144. The molecule has 1 heterocycles. The van der Waals surface area contributed by atoms with E-state index in [2.05, 4.69) is 6.92 Å². The number of hydrogen-bond acceptors (Lipinski definition) is 4. The van der Waals surface area contributed by atoms with E-state index < -0.39 is 10.0 Å². The molecule has 0 spiro atoms. The third kappa shape index (κ3) is 4.50. The summed E-state index contributed by atoms with van der Waals surface area (Å²) in [5.41, 5.74) is 0.738. The molecule has 1 saturated heterocycles. The second-order valence-electron chi connectivity index (χ2n) is 6.38. The van der Waals surface area contributed by atoms with Crippen molar-refractivity contribution < 1.29 is 22.8 Å². The lowest BCUT2D eigenvalue weighted by molar-refractivity contribution is -0.902. The molecule has 140 valence electrons. The summed E-state index contributed by atoms with van der Waals surface area (Å²) in [6, 6.07) is 4.70. The molecule has 0 aromatic heterocycles. The smallest absolute Gasteiger partial charge is 0.243 e. The van der Waals surface area contributed by atoms with Gasteiger partial charge in [-0.05, 0) is 37.6 Å². The standard InChI is InChI=1S/C17H27N3O4S/c1-5-19-8-10-20(11-9-19)17(21)13-18(3)25(22,23)15-6-7-16(24-4)14(2)12-15/h6-7,12H,5,8-11,13H2,1-4H3/p+1. The number of nitrogens with one attached hydrogen (secondary N) is 1. The van der Waals surface area contributed by atoms with Gasteiger partial charge in [0.2, 0.25) is 15.9 Å². The van der Waals surface area contributed by atoms with Crippen LogP contribution in [0.5, 0.6) is 5.75 Å². The molecule has 7 nitrogen and oxygen atoms in total. The van der Waals surface area contributed by atoms with E-state index in [9.17, 15) is 13.2 Å². The van der Waals surface area contributed by atoms with E-state index in [1.54, 1.807) is 31.1 Å². The van der Waals surface area contributed by atoms with Crippen molar-refractivity contribution in [1.29, 1.82) is 0 Å². The maximum atomic E-state index is 12.7. The molecule has 1 aliphatic heterocycles. The quantitative estimate of drug-likeness (QED) is 0.724. The first-order valence-electron chi connectivity index (χ1n) is 8.52. The predicted molar refractivity (Wildman–Crippen MR) is 95.4 cm³/mol. The maximum absolute atomic E-state index is 12.7. The molecule has 0 bridgehead atoms. The molecule has 1 fully saturated rings. The van der Waals surface area contributed by atoms with Crippen LogP contribution in [0, 0.1) is 6.92 Å². The van der Waals surface area contributed by atoms with Crippen molar-refractivity contribution in [3.05, 3.63) is 23.8 Å². The van der Waals surface area contributed by atoms with Crippen molar-refractivity contribution in [2.45, 2.75) is 18.7 Å². The predicted octanol–water partition coefficient (Wildman–Crippen LogP) is -0.629. The Kier molecular flexibility index (Phi) is 6.42. The molecule has 0 atom stereocenters. The second-order valence-corrected chi connectivity index (χ2v) is 8.42. The van der Waals surface area contributed by atoms with Gasteiger partial charge in [0.25, 0.3) is 0 Å². The van der Waals surface area contributed by atoms with E-state index in [4.69, 9.17) is 4.74 Å². The van der Waals surface area contributed by atoms with Gasteiger partial charge in [0.05, 0.1) is 51.3 Å². The van der Waals surface area contributed by atoms with E-state index in [0.717, 1.165) is 29.5 Å². The molecular weight excluding hydrogens is 342 g/mol. The molecule has 0 radical (unpaired) electrons. The van der Waals surface area contributed by atoms with Gasteiger partial charge < -0.3 is 14.5 Å². The number of sulfonamides is 1. The number of quaternary nitrogens is 1. The van der Waals surface area contributed by atoms with Gasteiger partial charge >= 0.3 is 0 Å². The number of hydrogen-bond donors (Lipinski definition) is 1. The molecule has 25 heavy (non-hydrogen) atoms. The molecule has 2 rings (SSSR count). The monoisotopic (exact) mass is 370 g/mol. The SMILES string of the molecule is CC[NH+]1CCN(C(=O)CN(C)S(=O)(=O)c2ccc(OC)c(C)c2)CC1. The van der Waals surface area contributed by atoms with Gasteiger partial charge in [-0.2, -0.15) is 4.31 Å². The Morgan fingerprint density at radius 2 is 1.96 bits per heavy atom. The average molecular weight is 370 g/mol. The summed E-state index contributed by atoms with van der Waals surface area (Å²) in [6.45, 7) is 8.01. The number of nitrogens with zero attached hydrogens (tertiary/aromatic N) is 2. The topological polar surface area (TPSA) is 71.4 Å². The molecule has 1 amide bonds. The molecule has 1 N–H and O–H groups in total. The van der Waals surface area contributed by atoms with E-state index in [1.165, 1.54) is 18.0 Å². The summed E-state index contributed by atoms with van der Waals surface area (Å²) in [5.74, 6) is 0.487. The van der Waals surface area contributed by atoms with Crippen LogP contribution in [0.1, 0.15) is 12.5 Å². The van der Waals surface area contributed by atoms with Crippen molar-refractivity contribution in [1.82, 2.24) is 9.21 Å². The minimum Gasteiger partial charge on any atom is -0.496 e. The van der Waals surface area contributed by atoms with Crippen LogP contribution in [0.4, 0.5) is 0 Å². The number of likely N-dealkylation sites (N-methyl/N-ethyl adjacent to an activating group) is 2. The third-order valence-electron chi connectivity index (χ3n) is 4.76. The first-order chi connectivity index (χ1) is 11.8.